The van der Waals surface area contributed by atoms with Gasteiger partial charge in [-0.05, 0) is 36.0 Å². The van der Waals surface area contributed by atoms with Gasteiger partial charge in [-0.2, -0.15) is 0 Å². The predicted molar refractivity (Wildman–Crippen MR) is 115 cm³/mol. The van der Waals surface area contributed by atoms with Crippen LogP contribution in [0.15, 0.2) is 54.6 Å². The first kappa shape index (κ1) is 19.7. The third-order valence-corrected chi connectivity index (χ3v) is 6.46. The van der Waals surface area contributed by atoms with Gasteiger partial charge in [0.05, 0.1) is 5.92 Å². The minimum Gasteiger partial charge on any atom is -0.344 e. The van der Waals surface area contributed by atoms with Crippen molar-refractivity contribution in [1.29, 1.82) is 0 Å². The molecule has 1 saturated carbocycles. The lowest BCUT2D eigenvalue weighted by atomic mass is 9.91. The Morgan fingerprint density at radius 2 is 1.66 bits per heavy atom. The van der Waals surface area contributed by atoms with Crippen LogP contribution in [0.4, 0.5) is 0 Å². The zero-order chi connectivity index (χ0) is 20.2. The summed E-state index contributed by atoms with van der Waals surface area (Å²) in [6.07, 6.45) is 4.96. The van der Waals surface area contributed by atoms with Crippen molar-refractivity contribution in [3.05, 3.63) is 60.2 Å². The molecule has 152 valence electrons. The second kappa shape index (κ2) is 8.81. The Morgan fingerprint density at radius 3 is 2.41 bits per heavy atom. The second-order valence-corrected chi connectivity index (χ2v) is 8.45. The fourth-order valence-electron chi connectivity index (χ4n) is 4.77. The van der Waals surface area contributed by atoms with Crippen LogP contribution in [0.1, 0.15) is 31.2 Å². The normalized spacial score (nSPS) is 20.7. The first-order valence-electron chi connectivity index (χ1n) is 10.8. The first-order valence-corrected chi connectivity index (χ1v) is 10.8. The van der Waals surface area contributed by atoms with Crippen LogP contribution in [-0.4, -0.2) is 48.3 Å². The van der Waals surface area contributed by atoms with Crippen molar-refractivity contribution in [3.8, 4) is 11.1 Å². The number of amides is 2. The van der Waals surface area contributed by atoms with E-state index in [1.54, 1.807) is 4.90 Å². The first-order chi connectivity index (χ1) is 14.1. The lowest BCUT2D eigenvalue weighted by Crippen LogP contribution is -2.40. The predicted octanol–water partition coefficient (Wildman–Crippen LogP) is 4.00. The Bertz CT molecular complexity index is 858. The molecule has 0 radical (unpaired) electrons. The molecule has 4 heteroatoms. The molecule has 2 aromatic carbocycles. The van der Waals surface area contributed by atoms with Gasteiger partial charge in [0, 0.05) is 32.6 Å². The highest BCUT2D eigenvalue weighted by atomic mass is 16.2. The van der Waals surface area contributed by atoms with E-state index in [1.807, 2.05) is 42.3 Å². The van der Waals surface area contributed by atoms with Crippen molar-refractivity contribution in [2.75, 3.05) is 26.7 Å². The summed E-state index contributed by atoms with van der Waals surface area (Å²) in [5, 5.41) is 0. The van der Waals surface area contributed by atoms with Gasteiger partial charge in [-0.15, -0.1) is 0 Å². The maximum Gasteiger partial charge on any atom is 0.227 e. The van der Waals surface area contributed by atoms with Crippen LogP contribution in [0.3, 0.4) is 0 Å². The highest BCUT2D eigenvalue weighted by molar-refractivity contribution is 5.83. The van der Waals surface area contributed by atoms with Gasteiger partial charge in [-0.1, -0.05) is 67.4 Å². The van der Waals surface area contributed by atoms with Crippen molar-refractivity contribution in [2.24, 2.45) is 11.8 Å². The Hall–Kier alpha value is -2.62. The monoisotopic (exact) mass is 390 g/mol. The highest BCUT2D eigenvalue weighted by Crippen LogP contribution is 2.29. The minimum absolute atomic E-state index is 0.148. The summed E-state index contributed by atoms with van der Waals surface area (Å²) in [5.41, 5.74) is 3.50. The van der Waals surface area contributed by atoms with E-state index < -0.39 is 0 Å². The van der Waals surface area contributed by atoms with Crippen LogP contribution in [0, 0.1) is 11.8 Å². The molecule has 0 N–H and O–H groups in total. The van der Waals surface area contributed by atoms with E-state index in [2.05, 4.69) is 24.3 Å². The Labute approximate surface area is 173 Å². The molecule has 0 bridgehead atoms. The third-order valence-electron chi connectivity index (χ3n) is 6.46. The lowest BCUT2D eigenvalue weighted by molar-refractivity contribution is -0.136. The summed E-state index contributed by atoms with van der Waals surface area (Å²) in [4.78, 5) is 29.9. The maximum atomic E-state index is 13.1. The van der Waals surface area contributed by atoms with Gasteiger partial charge < -0.3 is 9.80 Å². The number of rotatable bonds is 4. The SMILES string of the molecule is CN1CCN(C(=O)C2CCCC2)C[C@@H](Cc2ccccc2-c2ccccc2)C1=O. The van der Waals surface area contributed by atoms with E-state index in [0.717, 1.165) is 31.2 Å². The van der Waals surface area contributed by atoms with Crippen LogP contribution in [0.25, 0.3) is 11.1 Å². The summed E-state index contributed by atoms with van der Waals surface area (Å²) < 4.78 is 0. The van der Waals surface area contributed by atoms with Crippen LogP contribution >= 0.6 is 0 Å². The van der Waals surface area contributed by atoms with Gasteiger partial charge in [-0.3, -0.25) is 9.59 Å². The number of hydrogen-bond donors (Lipinski definition) is 0. The number of hydrogen-bond acceptors (Lipinski definition) is 2. The zero-order valence-electron chi connectivity index (χ0n) is 17.2. The molecule has 1 aliphatic carbocycles. The molecule has 29 heavy (non-hydrogen) atoms. The van der Waals surface area contributed by atoms with Crippen LogP contribution in [0.5, 0.6) is 0 Å². The van der Waals surface area contributed by atoms with Crippen molar-refractivity contribution in [3.63, 3.8) is 0 Å². The lowest BCUT2D eigenvalue weighted by Gasteiger charge is -2.26. The summed E-state index contributed by atoms with van der Waals surface area (Å²) in [5.74, 6) is 0.366. The molecular weight excluding hydrogens is 360 g/mol. The second-order valence-electron chi connectivity index (χ2n) is 8.45. The van der Waals surface area contributed by atoms with E-state index >= 15 is 0 Å². The molecule has 4 nitrogen and oxygen atoms in total. The quantitative estimate of drug-likeness (QED) is 0.792. The van der Waals surface area contributed by atoms with Crippen LogP contribution in [0.2, 0.25) is 0 Å². The zero-order valence-corrected chi connectivity index (χ0v) is 17.2. The molecule has 0 spiro atoms. The van der Waals surface area contributed by atoms with E-state index in [0.29, 0.717) is 26.1 Å². The standard InChI is InChI=1S/C25H30N2O2/c1-26-15-16-27(25(29)20-11-5-6-12-20)18-22(24(26)28)17-21-13-7-8-14-23(21)19-9-3-2-4-10-19/h2-4,7-10,13-14,20,22H,5-6,11-12,15-18H2,1H3/t22-/m1/s1. The molecule has 2 fully saturated rings. The molecule has 0 aromatic heterocycles. The van der Waals surface area contributed by atoms with E-state index in [1.165, 1.54) is 11.1 Å². The average molecular weight is 391 g/mol. The molecule has 1 aliphatic heterocycles. The summed E-state index contributed by atoms with van der Waals surface area (Å²) in [6.45, 7) is 1.80. The maximum absolute atomic E-state index is 13.1. The van der Waals surface area contributed by atoms with Gasteiger partial charge in [0.1, 0.15) is 0 Å². The molecule has 2 amide bonds. The van der Waals surface area contributed by atoms with Crippen LogP contribution in [-0.2, 0) is 16.0 Å². The molecule has 1 saturated heterocycles. The van der Waals surface area contributed by atoms with Gasteiger partial charge in [0.2, 0.25) is 11.8 Å². The molecule has 1 heterocycles. The number of likely N-dealkylation sites (N-methyl/N-ethyl adjacent to an activating group) is 1. The van der Waals surface area contributed by atoms with Crippen molar-refractivity contribution in [2.45, 2.75) is 32.1 Å². The summed E-state index contributed by atoms with van der Waals surface area (Å²) in [7, 11) is 1.86. The van der Waals surface area contributed by atoms with Crippen molar-refractivity contribution in [1.82, 2.24) is 9.80 Å². The van der Waals surface area contributed by atoms with E-state index in [9.17, 15) is 9.59 Å². The minimum atomic E-state index is -0.197. The largest absolute Gasteiger partial charge is 0.344 e. The Kier molecular flexibility index (Phi) is 5.98. The van der Waals surface area contributed by atoms with Gasteiger partial charge >= 0.3 is 0 Å². The molecule has 1 atom stereocenters. The fraction of sp³-hybridized carbons (Fsp3) is 0.440. The highest BCUT2D eigenvalue weighted by Gasteiger charge is 2.34. The molecule has 2 aliphatic rings. The van der Waals surface area contributed by atoms with Gasteiger partial charge in [0.25, 0.3) is 0 Å². The van der Waals surface area contributed by atoms with Gasteiger partial charge in [0.15, 0.2) is 0 Å². The number of carbonyl (C=O) groups excluding carboxylic acids is 2. The van der Waals surface area contributed by atoms with Crippen molar-refractivity contribution >= 4 is 11.8 Å². The topological polar surface area (TPSA) is 40.6 Å². The summed E-state index contributed by atoms with van der Waals surface area (Å²) >= 11 is 0. The van der Waals surface area contributed by atoms with E-state index in [4.69, 9.17) is 0 Å². The summed E-state index contributed by atoms with van der Waals surface area (Å²) in [6, 6.07) is 18.6. The Balaban J connectivity index is 1.58. The smallest absolute Gasteiger partial charge is 0.227 e. The molecule has 0 unspecified atom stereocenters. The Morgan fingerprint density at radius 1 is 0.966 bits per heavy atom. The number of carbonyl (C=O) groups is 2. The molecular formula is C25H30N2O2. The van der Waals surface area contributed by atoms with E-state index in [-0.39, 0.29) is 23.7 Å². The molecule has 2 aromatic rings. The fourth-order valence-corrected chi connectivity index (χ4v) is 4.77. The van der Waals surface area contributed by atoms with Crippen molar-refractivity contribution < 1.29 is 9.59 Å². The molecule has 4 rings (SSSR count). The van der Waals surface area contributed by atoms with Crippen LogP contribution < -0.4 is 0 Å². The van der Waals surface area contributed by atoms with Gasteiger partial charge in [-0.25, -0.2) is 0 Å². The number of benzene rings is 2. The third kappa shape index (κ3) is 4.36. The average Bonchev–Trinajstić information content (AvgIpc) is 3.26. The number of nitrogens with zero attached hydrogens (tertiary/aromatic N) is 2.